The molecule has 0 spiro atoms. The number of aromatic nitrogens is 1. The maximum atomic E-state index is 12.6. The van der Waals surface area contributed by atoms with Crippen LogP contribution in [0.2, 0.25) is 0 Å². The van der Waals surface area contributed by atoms with Crippen molar-refractivity contribution in [1.82, 2.24) is 9.88 Å². The second-order valence-electron chi connectivity index (χ2n) is 7.36. The Hall–Kier alpha value is -2.31. The van der Waals surface area contributed by atoms with Crippen LogP contribution in [0.3, 0.4) is 0 Å². The first-order valence-corrected chi connectivity index (χ1v) is 11.8. The van der Waals surface area contributed by atoms with Gasteiger partial charge in [-0.1, -0.05) is 83.8 Å². The standard InChI is InChI=1S/C23H25N3OS2/c24-22-21(19-9-5-2-6-10-19)25-23(29-22)28-16-20(27)26-13-11-18(12-14-26)15-17-7-3-1-4-8-17/h1-10,18H,11-16,24H2. The predicted octanol–water partition coefficient (Wildman–Crippen LogP) is 4.97. The fourth-order valence-electron chi connectivity index (χ4n) is 3.72. The highest BCUT2D eigenvalue weighted by molar-refractivity contribution is 8.01. The topological polar surface area (TPSA) is 59.2 Å². The molecule has 4 nitrogen and oxygen atoms in total. The molecule has 1 fully saturated rings. The van der Waals surface area contributed by atoms with E-state index >= 15 is 0 Å². The number of nitrogen functional groups attached to an aromatic ring is 1. The summed E-state index contributed by atoms with van der Waals surface area (Å²) in [6.07, 6.45) is 3.26. The molecule has 2 N–H and O–H groups in total. The molecule has 2 heterocycles. The first-order valence-electron chi connectivity index (χ1n) is 9.95. The smallest absolute Gasteiger partial charge is 0.233 e. The van der Waals surface area contributed by atoms with E-state index in [1.165, 1.54) is 28.7 Å². The van der Waals surface area contributed by atoms with Crippen molar-refractivity contribution < 1.29 is 4.79 Å². The van der Waals surface area contributed by atoms with Gasteiger partial charge in [0.1, 0.15) is 10.7 Å². The number of anilines is 1. The molecule has 0 saturated carbocycles. The number of piperidine rings is 1. The van der Waals surface area contributed by atoms with Crippen LogP contribution in [0.15, 0.2) is 65.0 Å². The number of nitrogens with zero attached hydrogens (tertiary/aromatic N) is 2. The van der Waals surface area contributed by atoms with Gasteiger partial charge in [-0.15, -0.1) is 0 Å². The van der Waals surface area contributed by atoms with Crippen LogP contribution in [0.4, 0.5) is 5.00 Å². The van der Waals surface area contributed by atoms with E-state index in [0.717, 1.165) is 47.9 Å². The lowest BCUT2D eigenvalue weighted by molar-refractivity contribution is -0.129. The number of hydrogen-bond donors (Lipinski definition) is 1. The molecule has 0 atom stereocenters. The fourth-order valence-corrected chi connectivity index (χ4v) is 5.58. The first kappa shape index (κ1) is 20.0. The van der Waals surface area contributed by atoms with Crippen molar-refractivity contribution in [3.63, 3.8) is 0 Å². The molecular weight excluding hydrogens is 398 g/mol. The number of thiazole rings is 1. The molecule has 1 aliphatic rings. The lowest BCUT2D eigenvalue weighted by Crippen LogP contribution is -2.39. The minimum absolute atomic E-state index is 0.197. The van der Waals surface area contributed by atoms with E-state index in [2.05, 4.69) is 35.3 Å². The maximum absolute atomic E-state index is 12.6. The largest absolute Gasteiger partial charge is 0.389 e. The molecule has 1 aromatic heterocycles. The highest BCUT2D eigenvalue weighted by Crippen LogP contribution is 2.35. The molecule has 1 saturated heterocycles. The minimum atomic E-state index is 0.197. The van der Waals surface area contributed by atoms with Gasteiger partial charge in [0.15, 0.2) is 4.34 Å². The molecule has 6 heteroatoms. The number of rotatable bonds is 6. The van der Waals surface area contributed by atoms with Crippen LogP contribution in [0.5, 0.6) is 0 Å². The molecule has 0 bridgehead atoms. The van der Waals surface area contributed by atoms with Crippen molar-refractivity contribution in [2.45, 2.75) is 23.6 Å². The van der Waals surface area contributed by atoms with Crippen molar-refractivity contribution in [3.8, 4) is 11.3 Å². The molecule has 0 aliphatic carbocycles. The van der Waals surface area contributed by atoms with Crippen molar-refractivity contribution in [2.24, 2.45) is 5.92 Å². The summed E-state index contributed by atoms with van der Waals surface area (Å²) in [5.41, 5.74) is 9.37. The predicted molar refractivity (Wildman–Crippen MR) is 122 cm³/mol. The molecule has 4 rings (SSSR count). The number of nitrogens with two attached hydrogens (primary N) is 1. The second-order valence-corrected chi connectivity index (χ2v) is 9.61. The van der Waals surface area contributed by atoms with Gasteiger partial charge in [0, 0.05) is 18.7 Å². The van der Waals surface area contributed by atoms with Crippen LogP contribution >= 0.6 is 23.1 Å². The van der Waals surface area contributed by atoms with Crippen LogP contribution < -0.4 is 5.73 Å². The Morgan fingerprint density at radius 2 is 1.72 bits per heavy atom. The third kappa shape index (κ3) is 5.19. The Morgan fingerprint density at radius 3 is 2.41 bits per heavy atom. The van der Waals surface area contributed by atoms with E-state index in [4.69, 9.17) is 5.73 Å². The Labute approximate surface area is 180 Å². The van der Waals surface area contributed by atoms with Gasteiger partial charge >= 0.3 is 0 Å². The third-order valence-electron chi connectivity index (χ3n) is 5.33. The van der Waals surface area contributed by atoms with Crippen LogP contribution in [0, 0.1) is 5.92 Å². The summed E-state index contributed by atoms with van der Waals surface area (Å²) in [4.78, 5) is 19.3. The molecule has 150 valence electrons. The molecule has 3 aromatic rings. The van der Waals surface area contributed by atoms with Gasteiger partial charge < -0.3 is 10.6 Å². The lowest BCUT2D eigenvalue weighted by Gasteiger charge is -2.32. The third-order valence-corrected chi connectivity index (χ3v) is 7.35. The molecule has 1 amide bonds. The van der Waals surface area contributed by atoms with Gasteiger partial charge in [-0.2, -0.15) is 0 Å². The van der Waals surface area contributed by atoms with Crippen molar-refractivity contribution in [3.05, 3.63) is 66.2 Å². The average molecular weight is 424 g/mol. The van der Waals surface area contributed by atoms with Crippen LogP contribution in [0.25, 0.3) is 11.3 Å². The Balaban J connectivity index is 1.27. The van der Waals surface area contributed by atoms with Crippen molar-refractivity contribution >= 4 is 34.0 Å². The van der Waals surface area contributed by atoms with E-state index in [-0.39, 0.29) is 5.91 Å². The molecule has 2 aromatic carbocycles. The van der Waals surface area contributed by atoms with Crippen LogP contribution in [-0.2, 0) is 11.2 Å². The number of hydrogen-bond acceptors (Lipinski definition) is 5. The summed E-state index contributed by atoms with van der Waals surface area (Å²) in [5.74, 6) is 1.29. The maximum Gasteiger partial charge on any atom is 0.233 e. The van der Waals surface area contributed by atoms with Crippen molar-refractivity contribution in [2.75, 3.05) is 24.6 Å². The number of carbonyl (C=O) groups excluding carboxylic acids is 1. The minimum Gasteiger partial charge on any atom is -0.389 e. The number of benzene rings is 2. The SMILES string of the molecule is Nc1sc(SCC(=O)N2CCC(Cc3ccccc3)CC2)nc1-c1ccccc1. The van der Waals surface area contributed by atoms with Gasteiger partial charge in [-0.05, 0) is 30.7 Å². The molecule has 0 unspecified atom stereocenters. The van der Waals surface area contributed by atoms with E-state index in [1.807, 2.05) is 35.2 Å². The summed E-state index contributed by atoms with van der Waals surface area (Å²) in [6.45, 7) is 1.71. The fraction of sp³-hybridized carbons (Fsp3) is 0.304. The van der Waals surface area contributed by atoms with Gasteiger partial charge in [0.05, 0.1) is 5.75 Å². The lowest BCUT2D eigenvalue weighted by atomic mass is 9.90. The number of likely N-dealkylation sites (tertiary alicyclic amines) is 1. The summed E-state index contributed by atoms with van der Waals surface area (Å²) in [7, 11) is 0. The summed E-state index contributed by atoms with van der Waals surface area (Å²) < 4.78 is 0.855. The van der Waals surface area contributed by atoms with E-state index in [9.17, 15) is 4.79 Å². The normalized spacial score (nSPS) is 14.8. The molecule has 0 radical (unpaired) electrons. The van der Waals surface area contributed by atoms with Crippen LogP contribution in [0.1, 0.15) is 18.4 Å². The van der Waals surface area contributed by atoms with E-state index < -0.39 is 0 Å². The molecular formula is C23H25N3OS2. The summed E-state index contributed by atoms with van der Waals surface area (Å²) >= 11 is 2.95. The first-order chi connectivity index (χ1) is 14.2. The van der Waals surface area contributed by atoms with Crippen molar-refractivity contribution in [1.29, 1.82) is 0 Å². The number of carbonyl (C=O) groups is 1. The Bertz CT molecular complexity index is 935. The number of amides is 1. The van der Waals surface area contributed by atoms with Gasteiger partial charge in [0.25, 0.3) is 0 Å². The highest BCUT2D eigenvalue weighted by atomic mass is 32.2. The quantitative estimate of drug-likeness (QED) is 0.569. The summed E-state index contributed by atoms with van der Waals surface area (Å²) in [5, 5.41) is 0.702. The van der Waals surface area contributed by atoms with Gasteiger partial charge in [-0.3, -0.25) is 4.79 Å². The monoisotopic (exact) mass is 423 g/mol. The van der Waals surface area contributed by atoms with Gasteiger partial charge in [-0.25, -0.2) is 4.98 Å². The zero-order valence-corrected chi connectivity index (χ0v) is 17.9. The Kier molecular flexibility index (Phi) is 6.52. The van der Waals surface area contributed by atoms with Gasteiger partial charge in [0.2, 0.25) is 5.91 Å². The highest BCUT2D eigenvalue weighted by Gasteiger charge is 2.23. The second kappa shape index (κ2) is 9.46. The molecule has 1 aliphatic heterocycles. The zero-order chi connectivity index (χ0) is 20.1. The number of thioether (sulfide) groups is 1. The zero-order valence-electron chi connectivity index (χ0n) is 16.3. The van der Waals surface area contributed by atoms with E-state index in [1.54, 1.807) is 0 Å². The average Bonchev–Trinajstić information content (AvgIpc) is 3.14. The molecule has 29 heavy (non-hydrogen) atoms. The van der Waals surface area contributed by atoms with E-state index in [0.29, 0.717) is 16.7 Å². The summed E-state index contributed by atoms with van der Waals surface area (Å²) in [6, 6.07) is 20.6. The van der Waals surface area contributed by atoms with Crippen LogP contribution in [-0.4, -0.2) is 34.6 Å². The Morgan fingerprint density at radius 1 is 1.07 bits per heavy atom.